The molecule has 1 aliphatic rings. The molecule has 4 rings (SSSR count). The summed E-state index contributed by atoms with van der Waals surface area (Å²) in [5.41, 5.74) is 1.46. The van der Waals surface area contributed by atoms with Crippen LogP contribution in [-0.2, 0) is 9.59 Å². The Labute approximate surface area is 211 Å². The fourth-order valence-electron chi connectivity index (χ4n) is 3.17. The van der Waals surface area contributed by atoms with E-state index < -0.39 is 17.9 Å². The van der Waals surface area contributed by atoms with Crippen molar-refractivity contribution in [1.82, 2.24) is 9.88 Å². The molecular formula is C23H15F2N3O4S3. The molecule has 1 fully saturated rings. The predicted molar refractivity (Wildman–Crippen MR) is 134 cm³/mol. The highest BCUT2D eigenvalue weighted by Crippen LogP contribution is 2.35. The van der Waals surface area contributed by atoms with E-state index in [1.54, 1.807) is 17.5 Å². The van der Waals surface area contributed by atoms with Gasteiger partial charge in [-0.1, -0.05) is 24.0 Å². The molecule has 0 spiro atoms. The fourth-order valence-corrected chi connectivity index (χ4v) is 5.39. The van der Waals surface area contributed by atoms with Crippen LogP contribution in [0.3, 0.4) is 0 Å². The summed E-state index contributed by atoms with van der Waals surface area (Å²) in [5, 5.41) is 13.3. The lowest BCUT2D eigenvalue weighted by atomic mass is 10.1. The molecule has 0 bridgehead atoms. The molecule has 1 saturated heterocycles. The number of benzene rings is 1. The first-order chi connectivity index (χ1) is 16.7. The molecule has 35 heavy (non-hydrogen) atoms. The molecule has 12 heteroatoms. The van der Waals surface area contributed by atoms with E-state index in [9.17, 15) is 23.2 Å². The van der Waals surface area contributed by atoms with E-state index in [1.807, 2.05) is 0 Å². The Morgan fingerprint density at radius 3 is 2.46 bits per heavy atom. The molecule has 2 aromatic heterocycles. The van der Waals surface area contributed by atoms with Crippen LogP contribution in [0, 0.1) is 11.9 Å². The molecule has 0 saturated carbocycles. The van der Waals surface area contributed by atoms with E-state index >= 15 is 0 Å². The number of aromatic carboxylic acids is 1. The van der Waals surface area contributed by atoms with Gasteiger partial charge in [-0.15, -0.1) is 11.3 Å². The number of pyridine rings is 1. The van der Waals surface area contributed by atoms with Crippen LogP contribution in [0.2, 0.25) is 0 Å². The number of carboxylic acids is 1. The van der Waals surface area contributed by atoms with Gasteiger partial charge in [0.2, 0.25) is 17.8 Å². The number of hydrogen-bond acceptors (Lipinski definition) is 7. The Hall–Kier alpha value is -3.48. The summed E-state index contributed by atoms with van der Waals surface area (Å²) in [6.07, 6.45) is 1.63. The average Bonchev–Trinajstić information content (AvgIpc) is 3.37. The molecule has 1 aromatic carbocycles. The first-order valence-corrected chi connectivity index (χ1v) is 12.1. The van der Waals surface area contributed by atoms with Gasteiger partial charge in [0.05, 0.1) is 10.5 Å². The van der Waals surface area contributed by atoms with E-state index in [2.05, 4.69) is 10.3 Å². The Kier molecular flexibility index (Phi) is 7.34. The van der Waals surface area contributed by atoms with Crippen LogP contribution >= 0.6 is 35.3 Å². The van der Waals surface area contributed by atoms with Gasteiger partial charge in [-0.25, -0.2) is 4.79 Å². The number of aromatic nitrogens is 1. The van der Waals surface area contributed by atoms with Gasteiger partial charge < -0.3 is 10.4 Å². The standard InChI is InChI=1S/C23H15F2N3O4S3/c24-18-8-13(9-19(25)27-18)14-7-16(34-11-14)10-17-21(30)28(23(33)35-17)6-5-20(29)26-15-3-1-12(2-4-15)22(31)32/h1-4,7-11H,5-6H2,(H,26,29)(H,31,32). The van der Waals surface area contributed by atoms with Crippen LogP contribution in [0.4, 0.5) is 14.5 Å². The molecule has 2 amide bonds. The van der Waals surface area contributed by atoms with Gasteiger partial charge in [0, 0.05) is 35.7 Å². The van der Waals surface area contributed by atoms with Crippen LogP contribution in [0.5, 0.6) is 0 Å². The second-order valence-corrected chi connectivity index (χ2v) is 9.87. The topological polar surface area (TPSA) is 99.6 Å². The van der Waals surface area contributed by atoms with Gasteiger partial charge in [0.15, 0.2) is 0 Å². The van der Waals surface area contributed by atoms with E-state index in [1.165, 1.54) is 40.5 Å². The number of hydrogen-bond donors (Lipinski definition) is 2. The molecule has 1 aliphatic heterocycles. The highest BCUT2D eigenvalue weighted by molar-refractivity contribution is 8.26. The summed E-state index contributed by atoms with van der Waals surface area (Å²) in [6, 6.07) is 9.67. The number of rotatable bonds is 7. The normalized spacial score (nSPS) is 14.6. The smallest absolute Gasteiger partial charge is 0.335 e. The SMILES string of the molecule is O=C(CCN1C(=O)C(=Cc2cc(-c3cc(F)nc(F)c3)cs2)SC1=S)Nc1ccc(C(=O)O)cc1. The third-order valence-corrected chi connectivity index (χ3v) is 7.10. The third kappa shape index (κ3) is 5.96. The summed E-state index contributed by atoms with van der Waals surface area (Å²) in [6.45, 7) is 0.0757. The van der Waals surface area contributed by atoms with E-state index in [4.69, 9.17) is 17.3 Å². The summed E-state index contributed by atoms with van der Waals surface area (Å²) >= 11 is 7.70. The Morgan fingerprint density at radius 1 is 1.11 bits per heavy atom. The summed E-state index contributed by atoms with van der Waals surface area (Å²) in [7, 11) is 0. The first-order valence-electron chi connectivity index (χ1n) is 10.00. The van der Waals surface area contributed by atoms with E-state index in [-0.39, 0.29) is 30.3 Å². The van der Waals surface area contributed by atoms with E-state index in [0.717, 1.165) is 23.9 Å². The summed E-state index contributed by atoms with van der Waals surface area (Å²) in [5.74, 6) is -3.60. The zero-order chi connectivity index (χ0) is 25.1. The molecule has 178 valence electrons. The molecule has 3 aromatic rings. The minimum absolute atomic E-state index is 0.0112. The molecule has 7 nitrogen and oxygen atoms in total. The van der Waals surface area contributed by atoms with Crippen molar-refractivity contribution in [3.63, 3.8) is 0 Å². The molecule has 3 heterocycles. The lowest BCUT2D eigenvalue weighted by Gasteiger charge is -2.14. The largest absolute Gasteiger partial charge is 0.478 e. The number of thiocarbonyl (C=S) groups is 1. The van der Waals surface area contributed by atoms with Crippen LogP contribution in [-0.4, -0.2) is 43.6 Å². The molecular weight excluding hydrogens is 516 g/mol. The highest BCUT2D eigenvalue weighted by Gasteiger charge is 2.32. The monoisotopic (exact) mass is 531 g/mol. The molecule has 0 unspecified atom stereocenters. The Morgan fingerprint density at radius 2 is 1.80 bits per heavy atom. The van der Waals surface area contributed by atoms with Crippen LogP contribution in [0.25, 0.3) is 17.2 Å². The van der Waals surface area contributed by atoms with Crippen LogP contribution in [0.1, 0.15) is 21.7 Å². The van der Waals surface area contributed by atoms with Crippen molar-refractivity contribution < 1.29 is 28.3 Å². The van der Waals surface area contributed by atoms with Crippen molar-refractivity contribution in [2.45, 2.75) is 6.42 Å². The summed E-state index contributed by atoms with van der Waals surface area (Å²) in [4.78, 5) is 41.5. The maximum Gasteiger partial charge on any atom is 0.335 e. The number of thiophene rings is 1. The van der Waals surface area contributed by atoms with Crippen molar-refractivity contribution in [1.29, 1.82) is 0 Å². The quantitative estimate of drug-likeness (QED) is 0.251. The van der Waals surface area contributed by atoms with Crippen molar-refractivity contribution in [2.75, 3.05) is 11.9 Å². The minimum atomic E-state index is -1.07. The molecule has 0 radical (unpaired) electrons. The second kappa shape index (κ2) is 10.4. The van der Waals surface area contributed by atoms with Gasteiger partial charge in [0.25, 0.3) is 5.91 Å². The Bertz CT molecular complexity index is 1350. The lowest BCUT2D eigenvalue weighted by Crippen LogP contribution is -2.31. The predicted octanol–water partition coefficient (Wildman–Crippen LogP) is 5.02. The number of anilines is 1. The average molecular weight is 532 g/mol. The van der Waals surface area contributed by atoms with Crippen molar-refractivity contribution in [3.8, 4) is 11.1 Å². The van der Waals surface area contributed by atoms with Gasteiger partial charge in [-0.2, -0.15) is 13.8 Å². The number of halogens is 2. The number of nitrogens with zero attached hydrogens (tertiary/aromatic N) is 2. The third-order valence-electron chi connectivity index (χ3n) is 4.84. The zero-order valence-corrected chi connectivity index (χ0v) is 20.1. The number of carbonyl (C=O) groups excluding carboxylic acids is 2. The lowest BCUT2D eigenvalue weighted by molar-refractivity contribution is -0.122. The maximum atomic E-state index is 13.4. The number of thioether (sulfide) groups is 1. The van der Waals surface area contributed by atoms with Gasteiger partial charge in [0.1, 0.15) is 4.32 Å². The number of carboxylic acid groups (broad SMARTS) is 1. The minimum Gasteiger partial charge on any atom is -0.478 e. The Balaban J connectivity index is 1.38. The number of amides is 2. The molecule has 0 aliphatic carbocycles. The van der Waals surface area contributed by atoms with Gasteiger partial charge >= 0.3 is 5.97 Å². The van der Waals surface area contributed by atoms with Gasteiger partial charge in [-0.3, -0.25) is 14.5 Å². The maximum absolute atomic E-state index is 13.4. The fraction of sp³-hybridized carbons (Fsp3) is 0.0870. The zero-order valence-electron chi connectivity index (χ0n) is 17.7. The van der Waals surface area contributed by atoms with Crippen molar-refractivity contribution >= 4 is 69.2 Å². The van der Waals surface area contributed by atoms with E-state index in [0.29, 0.717) is 30.9 Å². The highest BCUT2D eigenvalue weighted by atomic mass is 32.2. The van der Waals surface area contributed by atoms with Crippen molar-refractivity contribution in [3.05, 3.63) is 75.1 Å². The molecule has 0 atom stereocenters. The first kappa shape index (κ1) is 24.6. The summed E-state index contributed by atoms with van der Waals surface area (Å²) < 4.78 is 27.1. The van der Waals surface area contributed by atoms with Crippen LogP contribution in [0.15, 0.2) is 52.7 Å². The van der Waals surface area contributed by atoms with Crippen molar-refractivity contribution in [2.24, 2.45) is 0 Å². The van der Waals surface area contributed by atoms with Crippen LogP contribution < -0.4 is 5.32 Å². The molecule has 2 N–H and O–H groups in total. The van der Waals surface area contributed by atoms with Gasteiger partial charge in [-0.05, 0) is 52.9 Å². The second-order valence-electron chi connectivity index (χ2n) is 7.25. The number of nitrogens with one attached hydrogen (secondary N) is 1. The number of carbonyl (C=O) groups is 3.